The van der Waals surface area contributed by atoms with E-state index in [2.05, 4.69) is 5.32 Å². The van der Waals surface area contributed by atoms with Gasteiger partial charge >= 0.3 is 5.97 Å². The monoisotopic (exact) mass is 373 g/mol. The van der Waals surface area contributed by atoms with Crippen molar-refractivity contribution in [2.45, 2.75) is 6.92 Å². The molecule has 0 atom stereocenters. The summed E-state index contributed by atoms with van der Waals surface area (Å²) in [5.41, 5.74) is 1.21. The summed E-state index contributed by atoms with van der Waals surface area (Å²) in [5, 5.41) is 2.76. The molecule has 27 heavy (non-hydrogen) atoms. The van der Waals surface area contributed by atoms with E-state index in [0.29, 0.717) is 41.5 Å². The van der Waals surface area contributed by atoms with E-state index in [1.165, 1.54) is 14.2 Å². The molecule has 7 heteroatoms. The molecule has 2 rings (SSSR count). The highest BCUT2D eigenvalue weighted by Crippen LogP contribution is 2.29. The molecule has 2 aromatic rings. The summed E-state index contributed by atoms with van der Waals surface area (Å²) < 4.78 is 20.7. The van der Waals surface area contributed by atoms with Gasteiger partial charge in [0, 0.05) is 12.3 Å². The summed E-state index contributed by atoms with van der Waals surface area (Å²) in [6, 6.07) is 11.5. The van der Waals surface area contributed by atoms with Crippen LogP contribution in [0, 0.1) is 0 Å². The van der Waals surface area contributed by atoms with Crippen molar-refractivity contribution >= 4 is 17.6 Å². The number of methoxy groups -OCH3 is 2. The van der Waals surface area contributed by atoms with Crippen LogP contribution in [0.2, 0.25) is 0 Å². The highest BCUT2D eigenvalue weighted by molar-refractivity contribution is 6.08. The number of nitrogens with one attached hydrogen (secondary N) is 1. The average Bonchev–Trinajstić information content (AvgIpc) is 2.70. The lowest BCUT2D eigenvalue weighted by Gasteiger charge is -2.13. The van der Waals surface area contributed by atoms with Crippen LogP contribution in [0.4, 0.5) is 5.69 Å². The first kappa shape index (κ1) is 20.3. The van der Waals surface area contributed by atoms with Crippen LogP contribution in [0.3, 0.4) is 0 Å². The third-order valence-corrected chi connectivity index (χ3v) is 3.70. The Morgan fingerprint density at radius 1 is 0.926 bits per heavy atom. The van der Waals surface area contributed by atoms with Gasteiger partial charge in [-0.1, -0.05) is 6.07 Å². The molecular weight excluding hydrogens is 350 g/mol. The van der Waals surface area contributed by atoms with Crippen molar-refractivity contribution in [3.63, 3.8) is 0 Å². The fraction of sp³-hybridized carbons (Fsp3) is 0.300. The topological polar surface area (TPSA) is 83.1 Å². The zero-order valence-electron chi connectivity index (χ0n) is 15.6. The van der Waals surface area contributed by atoms with E-state index < -0.39 is 5.97 Å². The average molecular weight is 373 g/mol. The van der Waals surface area contributed by atoms with Crippen molar-refractivity contribution in [2.75, 3.05) is 39.4 Å². The van der Waals surface area contributed by atoms with Crippen LogP contribution in [0.15, 0.2) is 42.5 Å². The van der Waals surface area contributed by atoms with E-state index in [4.69, 9.17) is 18.9 Å². The highest BCUT2D eigenvalue weighted by Gasteiger charge is 2.18. The van der Waals surface area contributed by atoms with E-state index in [-0.39, 0.29) is 12.5 Å². The lowest BCUT2D eigenvalue weighted by Crippen LogP contribution is -2.15. The Hall–Kier alpha value is -3.06. The van der Waals surface area contributed by atoms with Gasteiger partial charge in [0.2, 0.25) is 0 Å². The molecule has 1 N–H and O–H groups in total. The summed E-state index contributed by atoms with van der Waals surface area (Å²) in [6.07, 6.45) is 0. The standard InChI is InChI=1S/C20H23NO6/c1-4-26-12-13-27-20(23)14-8-10-15(11-9-14)21-19(22)18-16(24-2)6-5-7-17(18)25-3/h5-11H,4,12-13H2,1-3H3,(H,21,22). The first-order valence-electron chi connectivity index (χ1n) is 8.48. The molecular formula is C20H23NO6. The molecule has 144 valence electrons. The summed E-state index contributed by atoms with van der Waals surface area (Å²) >= 11 is 0. The number of esters is 1. The second kappa shape index (κ2) is 10.2. The van der Waals surface area contributed by atoms with Crippen molar-refractivity contribution in [1.29, 1.82) is 0 Å². The molecule has 0 saturated carbocycles. The fourth-order valence-electron chi connectivity index (χ4n) is 2.38. The molecule has 0 heterocycles. The second-order valence-corrected chi connectivity index (χ2v) is 5.40. The number of carbonyl (C=O) groups excluding carboxylic acids is 2. The number of carbonyl (C=O) groups is 2. The summed E-state index contributed by atoms with van der Waals surface area (Å²) in [5.74, 6) is -0.0157. The summed E-state index contributed by atoms with van der Waals surface area (Å²) in [6.45, 7) is 2.99. The molecule has 0 saturated heterocycles. The van der Waals surface area contributed by atoms with Crippen LogP contribution in [0.5, 0.6) is 11.5 Å². The van der Waals surface area contributed by atoms with Crippen LogP contribution in [-0.4, -0.2) is 45.9 Å². The maximum Gasteiger partial charge on any atom is 0.338 e. The van der Waals surface area contributed by atoms with Gasteiger partial charge in [-0.25, -0.2) is 4.79 Å². The van der Waals surface area contributed by atoms with Crippen LogP contribution in [-0.2, 0) is 9.47 Å². The Balaban J connectivity index is 2.04. The zero-order valence-corrected chi connectivity index (χ0v) is 15.6. The molecule has 0 unspecified atom stereocenters. The predicted molar refractivity (Wildman–Crippen MR) is 101 cm³/mol. The van der Waals surface area contributed by atoms with Gasteiger partial charge in [-0.3, -0.25) is 4.79 Å². The van der Waals surface area contributed by atoms with E-state index in [0.717, 1.165) is 0 Å². The van der Waals surface area contributed by atoms with Gasteiger partial charge in [-0.2, -0.15) is 0 Å². The SMILES string of the molecule is CCOCCOC(=O)c1ccc(NC(=O)c2c(OC)cccc2OC)cc1. The van der Waals surface area contributed by atoms with Crippen LogP contribution in [0.25, 0.3) is 0 Å². The Morgan fingerprint density at radius 2 is 1.56 bits per heavy atom. The number of hydrogen-bond donors (Lipinski definition) is 1. The molecule has 2 aromatic carbocycles. The summed E-state index contributed by atoms with van der Waals surface area (Å²) in [7, 11) is 2.97. The first-order valence-corrected chi connectivity index (χ1v) is 8.48. The number of hydrogen-bond acceptors (Lipinski definition) is 6. The van der Waals surface area contributed by atoms with Crippen LogP contribution in [0.1, 0.15) is 27.6 Å². The van der Waals surface area contributed by atoms with Crippen LogP contribution >= 0.6 is 0 Å². The van der Waals surface area contributed by atoms with Gasteiger partial charge in [-0.15, -0.1) is 0 Å². The van der Waals surface area contributed by atoms with Crippen molar-refractivity contribution < 1.29 is 28.5 Å². The Morgan fingerprint density at radius 3 is 2.11 bits per heavy atom. The number of anilines is 1. The second-order valence-electron chi connectivity index (χ2n) is 5.40. The minimum absolute atomic E-state index is 0.193. The van der Waals surface area contributed by atoms with E-state index in [1.807, 2.05) is 6.92 Å². The molecule has 7 nitrogen and oxygen atoms in total. The van der Waals surface area contributed by atoms with Gasteiger partial charge in [0.25, 0.3) is 5.91 Å². The van der Waals surface area contributed by atoms with Gasteiger partial charge in [-0.05, 0) is 43.3 Å². The van der Waals surface area contributed by atoms with Crippen molar-refractivity contribution in [2.24, 2.45) is 0 Å². The quantitative estimate of drug-likeness (QED) is 0.537. The predicted octanol–water partition coefficient (Wildman–Crippen LogP) is 3.15. The Labute approximate surface area is 158 Å². The smallest absolute Gasteiger partial charge is 0.338 e. The fourth-order valence-corrected chi connectivity index (χ4v) is 2.38. The van der Waals surface area contributed by atoms with Crippen molar-refractivity contribution in [3.8, 4) is 11.5 Å². The maximum absolute atomic E-state index is 12.6. The Kier molecular flexibility index (Phi) is 7.63. The molecule has 0 spiro atoms. The van der Waals surface area contributed by atoms with Crippen LogP contribution < -0.4 is 14.8 Å². The molecule has 0 radical (unpaired) electrons. The normalized spacial score (nSPS) is 10.2. The summed E-state index contributed by atoms with van der Waals surface area (Å²) in [4.78, 5) is 24.6. The maximum atomic E-state index is 12.6. The minimum atomic E-state index is -0.445. The minimum Gasteiger partial charge on any atom is -0.496 e. The van der Waals surface area contributed by atoms with Crippen molar-refractivity contribution in [1.82, 2.24) is 0 Å². The van der Waals surface area contributed by atoms with Gasteiger partial charge in [0.1, 0.15) is 23.7 Å². The molecule has 0 aliphatic rings. The highest BCUT2D eigenvalue weighted by atomic mass is 16.6. The zero-order chi connectivity index (χ0) is 19.6. The van der Waals surface area contributed by atoms with Gasteiger partial charge in [0.05, 0.1) is 26.4 Å². The number of ether oxygens (including phenoxy) is 4. The lowest BCUT2D eigenvalue weighted by atomic mass is 10.1. The molecule has 0 bridgehead atoms. The van der Waals surface area contributed by atoms with E-state index in [9.17, 15) is 9.59 Å². The largest absolute Gasteiger partial charge is 0.496 e. The molecule has 0 aliphatic carbocycles. The third kappa shape index (κ3) is 5.46. The van der Waals surface area contributed by atoms with Gasteiger partial charge in [0.15, 0.2) is 0 Å². The van der Waals surface area contributed by atoms with E-state index in [1.54, 1.807) is 42.5 Å². The number of rotatable bonds is 9. The first-order chi connectivity index (χ1) is 13.1. The molecule has 0 fully saturated rings. The lowest BCUT2D eigenvalue weighted by molar-refractivity contribution is 0.0335. The number of amides is 1. The van der Waals surface area contributed by atoms with Crippen molar-refractivity contribution in [3.05, 3.63) is 53.6 Å². The molecule has 0 aliphatic heterocycles. The molecule has 1 amide bonds. The third-order valence-electron chi connectivity index (χ3n) is 3.70. The molecule has 0 aromatic heterocycles. The number of benzene rings is 2. The Bertz CT molecular complexity index is 750. The van der Waals surface area contributed by atoms with E-state index >= 15 is 0 Å². The van der Waals surface area contributed by atoms with Gasteiger partial charge < -0.3 is 24.3 Å².